The largest absolute Gasteiger partial charge is 0.456 e. The molecular formula is C17H21NO4. The predicted molar refractivity (Wildman–Crippen MR) is 84.3 cm³/mol. The summed E-state index contributed by atoms with van der Waals surface area (Å²) in [6, 6.07) is 7.21. The van der Waals surface area contributed by atoms with Crippen molar-refractivity contribution >= 4 is 23.6 Å². The summed E-state index contributed by atoms with van der Waals surface area (Å²) in [5.41, 5.74) is 1.59. The molecule has 0 saturated heterocycles. The van der Waals surface area contributed by atoms with Gasteiger partial charge in [0.05, 0.1) is 6.10 Å². The van der Waals surface area contributed by atoms with Crippen molar-refractivity contribution in [1.29, 1.82) is 0 Å². The zero-order valence-electron chi connectivity index (χ0n) is 12.9. The van der Waals surface area contributed by atoms with Crippen molar-refractivity contribution < 1.29 is 19.1 Å². The number of benzene rings is 1. The Morgan fingerprint density at radius 3 is 2.50 bits per heavy atom. The molecule has 1 aliphatic carbocycles. The van der Waals surface area contributed by atoms with Gasteiger partial charge in [0, 0.05) is 25.8 Å². The van der Waals surface area contributed by atoms with E-state index >= 15 is 0 Å². The van der Waals surface area contributed by atoms with Crippen molar-refractivity contribution in [3.63, 3.8) is 0 Å². The molecule has 1 aromatic rings. The summed E-state index contributed by atoms with van der Waals surface area (Å²) < 4.78 is 10.7. The number of carbonyl (C=O) groups excluding carboxylic acids is 2. The van der Waals surface area contributed by atoms with Crippen LogP contribution in [-0.4, -0.2) is 31.2 Å². The Kier molecular flexibility index (Phi) is 5.72. The van der Waals surface area contributed by atoms with Gasteiger partial charge in [-0.05, 0) is 43.0 Å². The zero-order chi connectivity index (χ0) is 15.9. The van der Waals surface area contributed by atoms with E-state index in [1.807, 2.05) is 12.1 Å². The van der Waals surface area contributed by atoms with Crippen LogP contribution in [-0.2, 0) is 19.1 Å². The van der Waals surface area contributed by atoms with Crippen LogP contribution in [0.15, 0.2) is 30.3 Å². The van der Waals surface area contributed by atoms with Gasteiger partial charge >= 0.3 is 5.97 Å². The molecule has 1 saturated carbocycles. The molecule has 0 spiro atoms. The second-order valence-corrected chi connectivity index (χ2v) is 5.32. The van der Waals surface area contributed by atoms with Crippen LogP contribution in [0.5, 0.6) is 0 Å². The lowest BCUT2D eigenvalue weighted by Crippen LogP contribution is -2.26. The Morgan fingerprint density at radius 2 is 1.86 bits per heavy atom. The molecule has 5 nitrogen and oxygen atoms in total. The van der Waals surface area contributed by atoms with Gasteiger partial charge in [0.1, 0.15) is 6.10 Å². The highest BCUT2D eigenvalue weighted by atomic mass is 16.6. The molecule has 118 valence electrons. The molecule has 0 heterocycles. The van der Waals surface area contributed by atoms with Gasteiger partial charge in [-0.1, -0.05) is 12.1 Å². The first-order valence-electron chi connectivity index (χ1n) is 7.37. The maximum absolute atomic E-state index is 11.8. The normalized spacial score (nSPS) is 21.0. The Labute approximate surface area is 130 Å². The standard InChI is InChI=1S/C17H21NO4/c1-12(19)18-14-9-6-13(7-10-14)8-11-17(20)22-16-5-3-4-15(16)21-2/h6-11,15-16H,3-5H2,1-2H3,(H,18,19)/b11-8+. The first-order chi connectivity index (χ1) is 10.6. The third-order valence-corrected chi connectivity index (χ3v) is 3.61. The van der Waals surface area contributed by atoms with E-state index in [1.165, 1.54) is 13.0 Å². The van der Waals surface area contributed by atoms with Crippen LogP contribution in [0.25, 0.3) is 6.08 Å². The minimum atomic E-state index is -0.361. The van der Waals surface area contributed by atoms with Gasteiger partial charge in [-0.3, -0.25) is 4.79 Å². The maximum atomic E-state index is 11.8. The molecule has 1 N–H and O–H groups in total. The third-order valence-electron chi connectivity index (χ3n) is 3.61. The lowest BCUT2D eigenvalue weighted by Gasteiger charge is -2.17. The molecule has 1 fully saturated rings. The summed E-state index contributed by atoms with van der Waals surface area (Å²) >= 11 is 0. The molecular weight excluding hydrogens is 282 g/mol. The van der Waals surface area contributed by atoms with Gasteiger partial charge in [0.15, 0.2) is 0 Å². The fraction of sp³-hybridized carbons (Fsp3) is 0.412. The number of hydrogen-bond acceptors (Lipinski definition) is 4. The van der Waals surface area contributed by atoms with Crippen molar-refractivity contribution in [2.24, 2.45) is 0 Å². The highest BCUT2D eigenvalue weighted by Crippen LogP contribution is 2.24. The first-order valence-corrected chi connectivity index (χ1v) is 7.37. The van der Waals surface area contributed by atoms with Gasteiger partial charge in [-0.25, -0.2) is 4.79 Å². The second kappa shape index (κ2) is 7.75. The smallest absolute Gasteiger partial charge is 0.331 e. The number of amides is 1. The molecule has 1 aromatic carbocycles. The molecule has 2 rings (SSSR count). The number of ether oxygens (including phenoxy) is 2. The highest BCUT2D eigenvalue weighted by Gasteiger charge is 2.29. The molecule has 0 bridgehead atoms. The highest BCUT2D eigenvalue weighted by molar-refractivity contribution is 5.89. The fourth-order valence-electron chi connectivity index (χ4n) is 2.53. The van der Waals surface area contributed by atoms with Gasteiger partial charge in [-0.2, -0.15) is 0 Å². The summed E-state index contributed by atoms with van der Waals surface area (Å²) in [6.07, 6.45) is 5.77. The molecule has 2 atom stereocenters. The minimum absolute atomic E-state index is 0.00860. The Bertz CT molecular complexity index is 550. The van der Waals surface area contributed by atoms with Crippen LogP contribution in [0, 0.1) is 0 Å². The molecule has 22 heavy (non-hydrogen) atoms. The quantitative estimate of drug-likeness (QED) is 0.671. The molecule has 0 radical (unpaired) electrons. The van der Waals surface area contributed by atoms with Gasteiger partial charge in [0.25, 0.3) is 0 Å². The van der Waals surface area contributed by atoms with Crippen molar-refractivity contribution in [3.8, 4) is 0 Å². The van der Waals surface area contributed by atoms with E-state index < -0.39 is 0 Å². The number of carbonyl (C=O) groups is 2. The molecule has 0 aromatic heterocycles. The predicted octanol–water partition coefficient (Wildman–Crippen LogP) is 2.77. The number of esters is 1. The van der Waals surface area contributed by atoms with E-state index in [4.69, 9.17) is 9.47 Å². The van der Waals surface area contributed by atoms with Crippen molar-refractivity contribution in [2.75, 3.05) is 12.4 Å². The monoisotopic (exact) mass is 303 g/mol. The third kappa shape index (κ3) is 4.70. The Balaban J connectivity index is 1.88. The van der Waals surface area contributed by atoms with Crippen LogP contribution in [0.1, 0.15) is 31.7 Å². The lowest BCUT2D eigenvalue weighted by molar-refractivity contribution is -0.148. The minimum Gasteiger partial charge on any atom is -0.456 e. The van der Waals surface area contributed by atoms with Gasteiger partial charge in [-0.15, -0.1) is 0 Å². The summed E-state index contributed by atoms with van der Waals surface area (Å²) in [7, 11) is 1.64. The summed E-state index contributed by atoms with van der Waals surface area (Å²) in [4.78, 5) is 22.8. The molecule has 2 unspecified atom stereocenters. The molecule has 1 amide bonds. The maximum Gasteiger partial charge on any atom is 0.331 e. The van der Waals surface area contributed by atoms with Crippen molar-refractivity contribution in [3.05, 3.63) is 35.9 Å². The lowest BCUT2D eigenvalue weighted by atomic mass is 10.2. The van der Waals surface area contributed by atoms with Crippen LogP contribution in [0.2, 0.25) is 0 Å². The van der Waals surface area contributed by atoms with Crippen LogP contribution in [0.3, 0.4) is 0 Å². The average molecular weight is 303 g/mol. The number of nitrogens with one attached hydrogen (secondary N) is 1. The van der Waals surface area contributed by atoms with Crippen molar-refractivity contribution in [1.82, 2.24) is 0 Å². The number of methoxy groups -OCH3 is 1. The Hall–Kier alpha value is -2.14. The van der Waals surface area contributed by atoms with Crippen LogP contribution in [0.4, 0.5) is 5.69 Å². The number of rotatable bonds is 5. The summed E-state index contributed by atoms with van der Waals surface area (Å²) in [6.45, 7) is 1.46. The van der Waals surface area contributed by atoms with E-state index in [0.29, 0.717) is 0 Å². The first kappa shape index (κ1) is 16.2. The van der Waals surface area contributed by atoms with Crippen LogP contribution >= 0.6 is 0 Å². The topological polar surface area (TPSA) is 64.6 Å². The number of hydrogen-bond donors (Lipinski definition) is 1. The SMILES string of the molecule is COC1CCCC1OC(=O)/C=C/c1ccc(NC(C)=O)cc1. The van der Waals surface area contributed by atoms with E-state index in [1.54, 1.807) is 25.3 Å². The van der Waals surface area contributed by atoms with E-state index in [0.717, 1.165) is 30.5 Å². The zero-order valence-corrected chi connectivity index (χ0v) is 12.9. The number of anilines is 1. The summed E-state index contributed by atoms with van der Waals surface area (Å²) in [5.74, 6) is -0.476. The van der Waals surface area contributed by atoms with E-state index in [2.05, 4.69) is 5.32 Å². The van der Waals surface area contributed by atoms with Crippen molar-refractivity contribution in [2.45, 2.75) is 38.4 Å². The molecule has 5 heteroatoms. The van der Waals surface area contributed by atoms with E-state index in [9.17, 15) is 9.59 Å². The molecule has 0 aliphatic heterocycles. The van der Waals surface area contributed by atoms with Gasteiger partial charge in [0.2, 0.25) is 5.91 Å². The second-order valence-electron chi connectivity index (χ2n) is 5.32. The summed E-state index contributed by atoms with van der Waals surface area (Å²) in [5, 5.41) is 2.69. The van der Waals surface area contributed by atoms with Crippen LogP contribution < -0.4 is 5.32 Å². The fourth-order valence-corrected chi connectivity index (χ4v) is 2.53. The average Bonchev–Trinajstić information content (AvgIpc) is 2.93. The van der Waals surface area contributed by atoms with Gasteiger partial charge < -0.3 is 14.8 Å². The van der Waals surface area contributed by atoms with E-state index in [-0.39, 0.29) is 24.1 Å². The Morgan fingerprint density at radius 1 is 1.18 bits per heavy atom. The molecule has 1 aliphatic rings.